The Morgan fingerprint density at radius 3 is 2.69 bits per heavy atom. The summed E-state index contributed by atoms with van der Waals surface area (Å²) < 4.78 is 7.03. The number of nitrogens with one attached hydrogen (secondary N) is 2. The third kappa shape index (κ3) is 5.55. The molecule has 2 N–H and O–H groups in total. The van der Waals surface area contributed by atoms with Crippen molar-refractivity contribution in [2.24, 2.45) is 0 Å². The van der Waals surface area contributed by atoms with Gasteiger partial charge in [0.25, 0.3) is 5.91 Å². The van der Waals surface area contributed by atoms with E-state index in [0.717, 1.165) is 31.2 Å². The third-order valence-corrected chi connectivity index (χ3v) is 8.19. The van der Waals surface area contributed by atoms with Crippen molar-refractivity contribution in [1.29, 1.82) is 5.26 Å². The van der Waals surface area contributed by atoms with Crippen LogP contribution in [0.4, 0.5) is 5.00 Å². The number of nitrogens with zero attached hydrogens (tertiary/aromatic N) is 4. The van der Waals surface area contributed by atoms with E-state index in [2.05, 4.69) is 26.9 Å². The molecule has 188 valence electrons. The largest absolute Gasteiger partial charge is 0.497 e. The van der Waals surface area contributed by atoms with Gasteiger partial charge in [0, 0.05) is 17.0 Å². The van der Waals surface area contributed by atoms with Gasteiger partial charge in [-0.2, -0.15) is 5.26 Å². The van der Waals surface area contributed by atoms with Crippen molar-refractivity contribution < 1.29 is 14.3 Å². The number of amides is 2. The minimum Gasteiger partial charge on any atom is -0.497 e. The monoisotopic (exact) mass is 524 g/mol. The van der Waals surface area contributed by atoms with Crippen LogP contribution in [0.25, 0.3) is 0 Å². The van der Waals surface area contributed by atoms with Gasteiger partial charge in [-0.1, -0.05) is 11.8 Å². The summed E-state index contributed by atoms with van der Waals surface area (Å²) in [5, 5.41) is 25.3. The zero-order chi connectivity index (χ0) is 25.7. The Morgan fingerprint density at radius 2 is 2.00 bits per heavy atom. The van der Waals surface area contributed by atoms with Crippen molar-refractivity contribution in [3.05, 3.63) is 51.7 Å². The number of hydrogen-bond donors (Lipinski definition) is 2. The number of benzene rings is 1. The highest BCUT2D eigenvalue weighted by atomic mass is 32.2. The molecule has 0 saturated heterocycles. The maximum absolute atomic E-state index is 12.7. The van der Waals surface area contributed by atoms with Crippen LogP contribution in [0.15, 0.2) is 29.4 Å². The van der Waals surface area contributed by atoms with Crippen LogP contribution in [0.5, 0.6) is 5.75 Å². The molecule has 9 nitrogen and oxygen atoms in total. The fourth-order valence-electron chi connectivity index (χ4n) is 4.18. The molecule has 0 unspecified atom stereocenters. The van der Waals surface area contributed by atoms with Crippen molar-refractivity contribution >= 4 is 39.9 Å². The molecular weight excluding hydrogens is 496 g/mol. The summed E-state index contributed by atoms with van der Waals surface area (Å²) >= 11 is 2.79. The van der Waals surface area contributed by atoms with Crippen LogP contribution < -0.4 is 15.4 Å². The van der Waals surface area contributed by atoms with E-state index < -0.39 is 0 Å². The molecule has 2 aromatic heterocycles. The Hall–Kier alpha value is -3.36. The quantitative estimate of drug-likeness (QED) is 0.399. The Kier molecular flexibility index (Phi) is 8.28. The van der Waals surface area contributed by atoms with Crippen LogP contribution >= 0.6 is 23.1 Å². The van der Waals surface area contributed by atoms with E-state index in [9.17, 15) is 14.9 Å². The van der Waals surface area contributed by atoms with Gasteiger partial charge in [-0.3, -0.25) is 9.59 Å². The number of aromatic nitrogens is 3. The van der Waals surface area contributed by atoms with Gasteiger partial charge in [0.15, 0.2) is 11.0 Å². The van der Waals surface area contributed by atoms with Gasteiger partial charge < -0.3 is 19.9 Å². The maximum atomic E-state index is 12.7. The predicted molar refractivity (Wildman–Crippen MR) is 140 cm³/mol. The Balaban J connectivity index is 1.38. The molecule has 0 saturated carbocycles. The summed E-state index contributed by atoms with van der Waals surface area (Å²) in [4.78, 5) is 26.6. The lowest BCUT2D eigenvalue weighted by Gasteiger charge is -2.15. The second-order valence-corrected chi connectivity index (χ2v) is 10.4. The molecule has 1 aliphatic carbocycles. The van der Waals surface area contributed by atoms with Crippen LogP contribution in [-0.2, 0) is 24.2 Å². The Morgan fingerprint density at radius 1 is 1.25 bits per heavy atom. The summed E-state index contributed by atoms with van der Waals surface area (Å²) in [6.45, 7) is 4.40. The molecule has 1 atom stereocenters. The van der Waals surface area contributed by atoms with Crippen molar-refractivity contribution in [3.63, 3.8) is 0 Å². The van der Waals surface area contributed by atoms with E-state index in [-0.39, 0.29) is 23.6 Å². The molecule has 11 heteroatoms. The number of hydrogen-bond acceptors (Lipinski definition) is 8. The number of thiophene rings is 1. The van der Waals surface area contributed by atoms with Gasteiger partial charge in [0.1, 0.15) is 16.8 Å². The fraction of sp³-hybridized carbons (Fsp3) is 0.400. The molecule has 2 amide bonds. The lowest BCUT2D eigenvalue weighted by molar-refractivity contribution is -0.113. The van der Waals surface area contributed by atoms with Crippen LogP contribution in [0.1, 0.15) is 64.9 Å². The topological polar surface area (TPSA) is 122 Å². The number of carbonyl (C=O) groups excluding carboxylic acids is 2. The van der Waals surface area contributed by atoms with E-state index in [1.165, 1.54) is 28.0 Å². The van der Waals surface area contributed by atoms with Gasteiger partial charge in [0.2, 0.25) is 5.91 Å². The van der Waals surface area contributed by atoms with Gasteiger partial charge in [0.05, 0.1) is 24.5 Å². The summed E-state index contributed by atoms with van der Waals surface area (Å²) in [5.74, 6) is 1.01. The number of thioether (sulfide) groups is 1. The molecule has 0 aliphatic heterocycles. The highest BCUT2D eigenvalue weighted by Crippen LogP contribution is 2.37. The minimum atomic E-state index is -0.383. The first kappa shape index (κ1) is 25.7. The van der Waals surface area contributed by atoms with E-state index in [1.54, 1.807) is 31.4 Å². The molecule has 36 heavy (non-hydrogen) atoms. The summed E-state index contributed by atoms with van der Waals surface area (Å²) in [6.07, 6.45) is 4.06. The highest BCUT2D eigenvalue weighted by Gasteiger charge is 2.23. The van der Waals surface area contributed by atoms with E-state index in [0.29, 0.717) is 39.4 Å². The number of anilines is 1. The average molecular weight is 525 g/mol. The van der Waals surface area contributed by atoms with Crippen molar-refractivity contribution in [1.82, 2.24) is 20.1 Å². The number of methoxy groups -OCH3 is 1. The molecular formula is C25H28N6O3S2. The molecule has 2 heterocycles. The van der Waals surface area contributed by atoms with E-state index in [4.69, 9.17) is 4.74 Å². The van der Waals surface area contributed by atoms with Gasteiger partial charge in [-0.05, 0) is 69.4 Å². The average Bonchev–Trinajstić information content (AvgIpc) is 3.47. The summed E-state index contributed by atoms with van der Waals surface area (Å²) in [7, 11) is 1.58. The highest BCUT2D eigenvalue weighted by molar-refractivity contribution is 7.99. The predicted octanol–water partition coefficient (Wildman–Crippen LogP) is 4.34. The van der Waals surface area contributed by atoms with Gasteiger partial charge in [-0.15, -0.1) is 21.5 Å². The normalized spacial score (nSPS) is 13.4. The van der Waals surface area contributed by atoms with Gasteiger partial charge in [-0.25, -0.2) is 0 Å². The standard InChI is InChI=1S/C25H28N6O3S2/c1-4-31-22(15(2)27-23(33)16-9-11-17(34-3)12-10-16)29-30-25(31)35-14-21(32)28-24-19(13-26)18-7-5-6-8-20(18)36-24/h9-12,15H,4-8,14H2,1-3H3,(H,27,33)(H,28,32)/t15-/m1/s1. The molecule has 0 radical (unpaired) electrons. The zero-order valence-electron chi connectivity index (χ0n) is 20.5. The van der Waals surface area contributed by atoms with Crippen molar-refractivity contribution in [3.8, 4) is 11.8 Å². The first-order chi connectivity index (χ1) is 17.4. The Labute approximate surface area is 218 Å². The SMILES string of the molecule is CCn1c(SCC(=O)Nc2sc3c(c2C#N)CCCC3)nnc1[C@@H](C)NC(=O)c1ccc(OC)cc1. The molecule has 1 aliphatic rings. The molecule has 3 aromatic rings. The molecule has 0 fully saturated rings. The number of rotatable bonds is 9. The smallest absolute Gasteiger partial charge is 0.251 e. The third-order valence-electron chi connectivity index (χ3n) is 6.02. The number of fused-ring (bicyclic) bond motifs is 1. The molecule has 0 spiro atoms. The minimum absolute atomic E-state index is 0.137. The van der Waals surface area contributed by atoms with Gasteiger partial charge >= 0.3 is 0 Å². The fourth-order valence-corrected chi connectivity index (χ4v) is 6.24. The molecule has 4 rings (SSSR count). The number of carbonyl (C=O) groups is 2. The number of ether oxygens (including phenoxy) is 1. The van der Waals surface area contributed by atoms with Crippen LogP contribution in [0.3, 0.4) is 0 Å². The van der Waals surface area contributed by atoms with Crippen LogP contribution in [-0.4, -0.2) is 39.4 Å². The van der Waals surface area contributed by atoms with E-state index in [1.807, 2.05) is 18.4 Å². The van der Waals surface area contributed by atoms with Crippen LogP contribution in [0, 0.1) is 11.3 Å². The van der Waals surface area contributed by atoms with Crippen molar-refractivity contribution in [2.75, 3.05) is 18.2 Å². The second kappa shape index (κ2) is 11.6. The lowest BCUT2D eigenvalue weighted by Crippen LogP contribution is -2.28. The number of nitriles is 1. The first-order valence-electron chi connectivity index (χ1n) is 11.8. The Bertz CT molecular complexity index is 1290. The zero-order valence-corrected chi connectivity index (χ0v) is 22.1. The van der Waals surface area contributed by atoms with Crippen molar-refractivity contribution in [2.45, 2.75) is 57.3 Å². The number of aryl methyl sites for hydroxylation is 1. The summed E-state index contributed by atoms with van der Waals surface area (Å²) in [6, 6.07) is 8.76. The first-order valence-corrected chi connectivity index (χ1v) is 13.6. The lowest BCUT2D eigenvalue weighted by atomic mass is 9.96. The summed E-state index contributed by atoms with van der Waals surface area (Å²) in [5.41, 5.74) is 2.22. The van der Waals surface area contributed by atoms with Crippen LogP contribution in [0.2, 0.25) is 0 Å². The molecule has 1 aromatic carbocycles. The maximum Gasteiger partial charge on any atom is 0.251 e. The van der Waals surface area contributed by atoms with E-state index >= 15 is 0 Å². The second-order valence-electron chi connectivity index (χ2n) is 8.37. The molecule has 0 bridgehead atoms.